The standard InChI is InChI=1S/C21H21ClF3N3O3/c1-11(10-31-20-16(22)8-15(9-26-20)21(23,24)25)5-17(29)14-6-12(2)27-18(7-14)28-19(30)13-3-4-13/h6-9,11,13H,3-5,10H2,1-2H3,(H,27,28,30)/t11-/m0/s1. The van der Waals surface area contributed by atoms with Crippen molar-refractivity contribution in [2.45, 2.75) is 39.3 Å². The van der Waals surface area contributed by atoms with Crippen LogP contribution < -0.4 is 10.1 Å². The Kier molecular flexibility index (Phi) is 6.83. The maximum atomic E-state index is 12.7. The van der Waals surface area contributed by atoms with E-state index in [0.29, 0.717) is 23.3 Å². The number of alkyl halides is 3. The average Bonchev–Trinajstić information content (AvgIpc) is 3.51. The number of anilines is 1. The molecule has 0 bridgehead atoms. The highest BCUT2D eigenvalue weighted by Crippen LogP contribution is 2.33. The largest absolute Gasteiger partial charge is 0.476 e. The molecule has 0 saturated heterocycles. The lowest BCUT2D eigenvalue weighted by Gasteiger charge is -2.14. The Labute approximate surface area is 182 Å². The van der Waals surface area contributed by atoms with Gasteiger partial charge in [0.25, 0.3) is 0 Å². The van der Waals surface area contributed by atoms with E-state index in [1.54, 1.807) is 19.9 Å². The van der Waals surface area contributed by atoms with E-state index in [-0.39, 0.29) is 47.5 Å². The summed E-state index contributed by atoms with van der Waals surface area (Å²) in [5.74, 6) is -0.298. The summed E-state index contributed by atoms with van der Waals surface area (Å²) in [6, 6.07) is 3.92. The highest BCUT2D eigenvalue weighted by Gasteiger charge is 2.32. The number of nitrogens with zero attached hydrogens (tertiary/aromatic N) is 2. The minimum Gasteiger partial charge on any atom is -0.476 e. The normalized spacial score (nSPS) is 14.8. The third kappa shape index (κ3) is 6.40. The molecule has 2 heterocycles. The van der Waals surface area contributed by atoms with Gasteiger partial charge in [-0.05, 0) is 43.9 Å². The highest BCUT2D eigenvalue weighted by atomic mass is 35.5. The van der Waals surface area contributed by atoms with Crippen LogP contribution in [-0.4, -0.2) is 28.3 Å². The zero-order valence-electron chi connectivity index (χ0n) is 16.9. The molecule has 0 unspecified atom stereocenters. The van der Waals surface area contributed by atoms with Crippen molar-refractivity contribution in [3.05, 3.63) is 46.2 Å². The number of aryl methyl sites for hydroxylation is 1. The number of nitrogens with one attached hydrogen (secondary N) is 1. The van der Waals surface area contributed by atoms with Gasteiger partial charge in [0.1, 0.15) is 10.8 Å². The van der Waals surface area contributed by atoms with Crippen LogP contribution in [0.3, 0.4) is 0 Å². The van der Waals surface area contributed by atoms with Crippen molar-refractivity contribution in [1.82, 2.24) is 9.97 Å². The lowest BCUT2D eigenvalue weighted by atomic mass is 10.0. The molecule has 1 atom stereocenters. The first kappa shape index (κ1) is 23.0. The predicted octanol–water partition coefficient (Wildman–Crippen LogP) is 5.09. The molecule has 1 amide bonds. The SMILES string of the molecule is Cc1cc(C(=O)C[C@H](C)COc2ncc(C(F)(F)F)cc2Cl)cc(NC(=O)C2CC2)n1. The molecule has 1 saturated carbocycles. The maximum absolute atomic E-state index is 12.7. The molecule has 1 fully saturated rings. The Bertz CT molecular complexity index is 994. The first-order valence-electron chi connectivity index (χ1n) is 9.71. The maximum Gasteiger partial charge on any atom is 0.417 e. The number of ketones is 1. The van der Waals surface area contributed by atoms with E-state index < -0.39 is 11.7 Å². The molecule has 31 heavy (non-hydrogen) atoms. The molecule has 1 N–H and O–H groups in total. The highest BCUT2D eigenvalue weighted by molar-refractivity contribution is 6.31. The van der Waals surface area contributed by atoms with Crippen molar-refractivity contribution >= 4 is 29.1 Å². The van der Waals surface area contributed by atoms with Crippen molar-refractivity contribution < 1.29 is 27.5 Å². The fraction of sp³-hybridized carbons (Fsp3) is 0.429. The summed E-state index contributed by atoms with van der Waals surface area (Å²) in [5.41, 5.74) is 0.0448. The zero-order valence-corrected chi connectivity index (χ0v) is 17.7. The second-order valence-corrected chi connectivity index (χ2v) is 8.11. The van der Waals surface area contributed by atoms with Crippen molar-refractivity contribution in [3.63, 3.8) is 0 Å². The van der Waals surface area contributed by atoms with Gasteiger partial charge in [0, 0.05) is 29.8 Å². The fourth-order valence-electron chi connectivity index (χ4n) is 2.87. The molecule has 0 spiro atoms. The van der Waals surface area contributed by atoms with E-state index >= 15 is 0 Å². The van der Waals surface area contributed by atoms with E-state index in [1.165, 1.54) is 6.07 Å². The van der Waals surface area contributed by atoms with Crippen LogP contribution in [0.5, 0.6) is 5.88 Å². The van der Waals surface area contributed by atoms with E-state index in [0.717, 1.165) is 18.9 Å². The molecule has 1 aliphatic carbocycles. The van der Waals surface area contributed by atoms with Gasteiger partial charge in [0.15, 0.2) is 5.78 Å². The van der Waals surface area contributed by atoms with E-state index in [2.05, 4.69) is 15.3 Å². The Morgan fingerprint density at radius 2 is 2.00 bits per heavy atom. The summed E-state index contributed by atoms with van der Waals surface area (Å²) in [6.07, 6.45) is -2.06. The first-order valence-corrected chi connectivity index (χ1v) is 10.1. The van der Waals surface area contributed by atoms with Crippen molar-refractivity contribution in [2.24, 2.45) is 11.8 Å². The minimum atomic E-state index is -4.55. The monoisotopic (exact) mass is 455 g/mol. The fourth-order valence-corrected chi connectivity index (χ4v) is 3.09. The van der Waals surface area contributed by atoms with Gasteiger partial charge < -0.3 is 10.1 Å². The summed E-state index contributed by atoms with van der Waals surface area (Å²) in [7, 11) is 0. The third-order valence-corrected chi connectivity index (χ3v) is 4.92. The molecule has 0 radical (unpaired) electrons. The molecule has 2 aromatic rings. The lowest BCUT2D eigenvalue weighted by molar-refractivity contribution is -0.137. The summed E-state index contributed by atoms with van der Waals surface area (Å²) in [5, 5.41) is 2.48. The smallest absolute Gasteiger partial charge is 0.417 e. The van der Waals surface area contributed by atoms with Gasteiger partial charge in [0.2, 0.25) is 11.8 Å². The first-order chi connectivity index (χ1) is 14.5. The molecule has 10 heteroatoms. The Hall–Kier alpha value is -2.68. The van der Waals surface area contributed by atoms with Gasteiger partial charge in [0.05, 0.1) is 12.2 Å². The quantitative estimate of drug-likeness (QED) is 0.560. The number of Topliss-reactive ketones (excluding diaryl/α,β-unsaturated/α-hetero) is 1. The van der Waals surface area contributed by atoms with Crippen LogP contribution in [0.4, 0.5) is 19.0 Å². The Morgan fingerprint density at radius 3 is 2.61 bits per heavy atom. The van der Waals surface area contributed by atoms with Crippen molar-refractivity contribution in [3.8, 4) is 5.88 Å². The zero-order chi connectivity index (χ0) is 22.8. The topological polar surface area (TPSA) is 81.2 Å². The molecular formula is C21H21ClF3N3O3. The van der Waals surface area contributed by atoms with Crippen LogP contribution in [0.15, 0.2) is 24.4 Å². The number of hydrogen-bond donors (Lipinski definition) is 1. The van der Waals surface area contributed by atoms with Gasteiger partial charge in [-0.3, -0.25) is 9.59 Å². The van der Waals surface area contributed by atoms with Crippen LogP contribution in [0.25, 0.3) is 0 Å². The van der Waals surface area contributed by atoms with Crippen molar-refractivity contribution in [1.29, 1.82) is 0 Å². The number of aromatic nitrogens is 2. The summed E-state index contributed by atoms with van der Waals surface area (Å²) < 4.78 is 43.5. The molecule has 1 aliphatic rings. The van der Waals surface area contributed by atoms with Crippen LogP contribution in [-0.2, 0) is 11.0 Å². The number of carbonyl (C=O) groups excluding carboxylic acids is 2. The van der Waals surface area contributed by atoms with Crippen LogP contribution in [0.1, 0.15) is 47.8 Å². The number of rotatable bonds is 8. The number of carbonyl (C=O) groups is 2. The van der Waals surface area contributed by atoms with Gasteiger partial charge in [-0.25, -0.2) is 9.97 Å². The van der Waals surface area contributed by atoms with Gasteiger partial charge >= 0.3 is 6.18 Å². The molecule has 6 nitrogen and oxygen atoms in total. The lowest BCUT2D eigenvalue weighted by Crippen LogP contribution is -2.17. The van der Waals surface area contributed by atoms with Gasteiger partial charge in [-0.15, -0.1) is 0 Å². The summed E-state index contributed by atoms with van der Waals surface area (Å²) in [4.78, 5) is 32.5. The average molecular weight is 456 g/mol. The second-order valence-electron chi connectivity index (χ2n) is 7.70. The number of pyridine rings is 2. The summed E-state index contributed by atoms with van der Waals surface area (Å²) in [6.45, 7) is 3.53. The molecule has 2 aromatic heterocycles. The summed E-state index contributed by atoms with van der Waals surface area (Å²) >= 11 is 5.83. The van der Waals surface area contributed by atoms with Gasteiger partial charge in [-0.2, -0.15) is 13.2 Å². The molecule has 3 rings (SSSR count). The van der Waals surface area contributed by atoms with E-state index in [1.807, 2.05) is 0 Å². The predicted molar refractivity (Wildman–Crippen MR) is 108 cm³/mol. The molecule has 0 aromatic carbocycles. The van der Waals surface area contributed by atoms with E-state index in [4.69, 9.17) is 16.3 Å². The second kappa shape index (κ2) is 9.21. The van der Waals surface area contributed by atoms with E-state index in [9.17, 15) is 22.8 Å². The number of halogens is 4. The number of ether oxygens (including phenoxy) is 1. The van der Waals surface area contributed by atoms with Gasteiger partial charge in [-0.1, -0.05) is 18.5 Å². The third-order valence-electron chi connectivity index (χ3n) is 4.65. The van der Waals surface area contributed by atoms with Crippen LogP contribution >= 0.6 is 11.6 Å². The van der Waals surface area contributed by atoms with Crippen LogP contribution in [0.2, 0.25) is 5.02 Å². The molecule has 166 valence electrons. The number of amides is 1. The van der Waals surface area contributed by atoms with Crippen molar-refractivity contribution in [2.75, 3.05) is 11.9 Å². The number of hydrogen-bond acceptors (Lipinski definition) is 5. The Balaban J connectivity index is 1.58. The Morgan fingerprint density at radius 1 is 1.29 bits per heavy atom. The van der Waals surface area contributed by atoms with Crippen LogP contribution in [0, 0.1) is 18.8 Å². The molecule has 0 aliphatic heterocycles. The minimum absolute atomic E-state index is 0.0178. The molecular weight excluding hydrogens is 435 g/mol.